The molecule has 0 radical (unpaired) electrons. The molecule has 0 aliphatic carbocycles. The van der Waals surface area contributed by atoms with E-state index in [-0.39, 0.29) is 0 Å². The van der Waals surface area contributed by atoms with Crippen molar-refractivity contribution in [3.8, 4) is 16.8 Å². The number of anilines is 3. The van der Waals surface area contributed by atoms with E-state index in [0.717, 1.165) is 22.4 Å². The van der Waals surface area contributed by atoms with Crippen LogP contribution >= 0.6 is 0 Å². The van der Waals surface area contributed by atoms with Gasteiger partial charge in [0.2, 0.25) is 0 Å². The molecule has 168 valence electrons. The van der Waals surface area contributed by atoms with Gasteiger partial charge in [-0.3, -0.25) is 9.97 Å². The number of para-hydroxylation sites is 1. The van der Waals surface area contributed by atoms with E-state index in [1.54, 1.807) is 0 Å². The van der Waals surface area contributed by atoms with Crippen LogP contribution in [-0.4, -0.2) is 14.5 Å². The zero-order chi connectivity index (χ0) is 23.6. The predicted molar refractivity (Wildman–Crippen MR) is 148 cm³/mol. The lowest BCUT2D eigenvalue weighted by Crippen LogP contribution is -2.15. The van der Waals surface area contributed by atoms with Crippen molar-refractivity contribution in [1.29, 1.82) is 0 Å². The van der Waals surface area contributed by atoms with Gasteiger partial charge in [-0.15, -0.1) is 0 Å². The maximum atomic E-state index is 4.49. The summed E-state index contributed by atoms with van der Waals surface area (Å²) >= 11 is 0. The molecular formula is C32H20N4. The molecule has 7 aromatic rings. The molecule has 0 unspecified atom stereocenters. The van der Waals surface area contributed by atoms with Gasteiger partial charge in [-0.2, -0.15) is 0 Å². The molecule has 0 amide bonds. The van der Waals surface area contributed by atoms with E-state index in [4.69, 9.17) is 0 Å². The third kappa shape index (κ3) is 2.53. The van der Waals surface area contributed by atoms with Crippen molar-refractivity contribution in [2.45, 2.75) is 0 Å². The van der Waals surface area contributed by atoms with Crippen LogP contribution in [-0.2, 0) is 0 Å². The van der Waals surface area contributed by atoms with Crippen molar-refractivity contribution in [1.82, 2.24) is 14.5 Å². The van der Waals surface area contributed by atoms with Crippen LogP contribution in [0.15, 0.2) is 122 Å². The number of hydrogen-bond donors (Lipinski definition) is 0. The van der Waals surface area contributed by atoms with Gasteiger partial charge < -0.3 is 9.47 Å². The van der Waals surface area contributed by atoms with Crippen LogP contribution in [0.3, 0.4) is 0 Å². The Balaban J connectivity index is 1.60. The first-order valence-electron chi connectivity index (χ1n) is 12.1. The molecule has 4 heteroatoms. The highest BCUT2D eigenvalue weighted by atomic mass is 15.2. The zero-order valence-corrected chi connectivity index (χ0v) is 19.3. The second-order valence-corrected chi connectivity index (χ2v) is 9.15. The molecule has 0 atom stereocenters. The van der Waals surface area contributed by atoms with E-state index in [1.165, 1.54) is 44.0 Å². The van der Waals surface area contributed by atoms with E-state index in [9.17, 15) is 0 Å². The van der Waals surface area contributed by atoms with E-state index in [0.29, 0.717) is 0 Å². The monoisotopic (exact) mass is 460 g/mol. The molecule has 0 spiro atoms. The normalized spacial score (nSPS) is 12.4. The fourth-order valence-corrected chi connectivity index (χ4v) is 5.86. The Labute approximate surface area is 207 Å². The SMILES string of the molecule is c1cncc(N2c3cccc4cccc(c34)-c3ccc4c(c32)c2ccccc2n4-c2cccnc2)c1. The van der Waals surface area contributed by atoms with E-state index < -0.39 is 0 Å². The molecule has 0 bridgehead atoms. The summed E-state index contributed by atoms with van der Waals surface area (Å²) in [4.78, 5) is 11.3. The lowest BCUT2D eigenvalue weighted by atomic mass is 9.89. The summed E-state index contributed by atoms with van der Waals surface area (Å²) in [5.41, 5.74) is 9.27. The standard InChI is InChI=1S/C32H20N4/c1-2-13-27-26(11-1)31-29(35(27)22-9-5-17-33-19-22)16-15-25-24-12-3-7-21-8-4-14-28(30(21)24)36(32(25)31)23-10-6-18-34-20-23/h1-20H. The summed E-state index contributed by atoms with van der Waals surface area (Å²) in [6.45, 7) is 0. The molecular weight excluding hydrogens is 440 g/mol. The fourth-order valence-electron chi connectivity index (χ4n) is 5.86. The molecule has 4 heterocycles. The highest BCUT2D eigenvalue weighted by Gasteiger charge is 2.30. The Morgan fingerprint density at radius 1 is 0.528 bits per heavy atom. The highest BCUT2D eigenvalue weighted by Crippen LogP contribution is 2.54. The predicted octanol–water partition coefficient (Wildman–Crippen LogP) is 8.18. The summed E-state index contributed by atoms with van der Waals surface area (Å²) in [5.74, 6) is 0. The minimum absolute atomic E-state index is 1.05. The van der Waals surface area contributed by atoms with Crippen LogP contribution in [0.2, 0.25) is 0 Å². The molecule has 36 heavy (non-hydrogen) atoms. The summed E-state index contributed by atoms with van der Waals surface area (Å²) in [6, 6.07) is 34.6. The van der Waals surface area contributed by atoms with Crippen molar-refractivity contribution in [3.05, 3.63) is 122 Å². The summed E-state index contributed by atoms with van der Waals surface area (Å²) < 4.78 is 2.32. The lowest BCUT2D eigenvalue weighted by Gasteiger charge is -2.34. The average molecular weight is 461 g/mol. The Bertz CT molecular complexity index is 1930. The van der Waals surface area contributed by atoms with Crippen molar-refractivity contribution >= 4 is 49.6 Å². The summed E-state index contributed by atoms with van der Waals surface area (Å²) in [5, 5.41) is 4.95. The number of aromatic nitrogens is 3. The number of pyridine rings is 2. The van der Waals surface area contributed by atoms with Crippen molar-refractivity contribution in [2.24, 2.45) is 0 Å². The van der Waals surface area contributed by atoms with Crippen molar-refractivity contribution in [2.75, 3.05) is 4.90 Å². The van der Waals surface area contributed by atoms with E-state index in [2.05, 4.69) is 104 Å². The molecule has 1 aliphatic rings. The van der Waals surface area contributed by atoms with Gasteiger partial charge in [0.05, 0.1) is 46.2 Å². The largest absolute Gasteiger partial charge is 0.308 e. The summed E-state index contributed by atoms with van der Waals surface area (Å²) in [7, 11) is 0. The molecule has 3 aromatic heterocycles. The van der Waals surface area contributed by atoms with Crippen molar-refractivity contribution in [3.63, 3.8) is 0 Å². The zero-order valence-electron chi connectivity index (χ0n) is 19.3. The van der Waals surface area contributed by atoms with Crippen LogP contribution in [0.1, 0.15) is 0 Å². The van der Waals surface area contributed by atoms with Crippen LogP contribution in [0, 0.1) is 0 Å². The molecule has 8 rings (SSSR count). The number of hydrogen-bond acceptors (Lipinski definition) is 3. The van der Waals surface area contributed by atoms with Crippen LogP contribution in [0.25, 0.3) is 49.4 Å². The van der Waals surface area contributed by atoms with Crippen LogP contribution in [0.4, 0.5) is 17.1 Å². The molecule has 0 saturated carbocycles. The Hall–Kier alpha value is -4.96. The second kappa shape index (κ2) is 7.27. The Kier molecular flexibility index (Phi) is 3.91. The maximum absolute atomic E-state index is 4.49. The average Bonchev–Trinajstić information content (AvgIpc) is 3.29. The van der Waals surface area contributed by atoms with Crippen LogP contribution in [0.5, 0.6) is 0 Å². The third-order valence-corrected chi connectivity index (χ3v) is 7.26. The molecule has 0 saturated heterocycles. The quantitative estimate of drug-likeness (QED) is 0.261. The number of benzene rings is 4. The Morgan fingerprint density at radius 2 is 1.31 bits per heavy atom. The van der Waals surface area contributed by atoms with Gasteiger partial charge in [-0.05, 0) is 53.4 Å². The van der Waals surface area contributed by atoms with Gasteiger partial charge in [0.15, 0.2) is 0 Å². The second-order valence-electron chi connectivity index (χ2n) is 9.15. The fraction of sp³-hybridized carbons (Fsp3) is 0. The number of nitrogens with zero attached hydrogens (tertiary/aromatic N) is 4. The molecule has 4 nitrogen and oxygen atoms in total. The van der Waals surface area contributed by atoms with Gasteiger partial charge in [0, 0.05) is 34.1 Å². The Morgan fingerprint density at radius 3 is 2.11 bits per heavy atom. The minimum atomic E-state index is 1.05. The van der Waals surface area contributed by atoms with E-state index in [1.807, 2.05) is 36.9 Å². The maximum Gasteiger partial charge on any atom is 0.0645 e. The number of fused-ring (bicyclic) bond motifs is 6. The highest BCUT2D eigenvalue weighted by molar-refractivity contribution is 6.24. The summed E-state index contributed by atoms with van der Waals surface area (Å²) in [6.07, 6.45) is 7.54. The van der Waals surface area contributed by atoms with Gasteiger partial charge in [0.1, 0.15) is 0 Å². The first-order valence-corrected chi connectivity index (χ1v) is 12.1. The van der Waals surface area contributed by atoms with Gasteiger partial charge in [-0.25, -0.2) is 0 Å². The van der Waals surface area contributed by atoms with Crippen molar-refractivity contribution < 1.29 is 0 Å². The van der Waals surface area contributed by atoms with Gasteiger partial charge in [0.25, 0.3) is 0 Å². The van der Waals surface area contributed by atoms with E-state index >= 15 is 0 Å². The van der Waals surface area contributed by atoms with Crippen LogP contribution < -0.4 is 4.90 Å². The third-order valence-electron chi connectivity index (χ3n) is 7.26. The van der Waals surface area contributed by atoms with Gasteiger partial charge >= 0.3 is 0 Å². The number of rotatable bonds is 2. The first-order chi connectivity index (χ1) is 17.9. The smallest absolute Gasteiger partial charge is 0.0645 e. The molecule has 1 aliphatic heterocycles. The minimum Gasteiger partial charge on any atom is -0.308 e. The lowest BCUT2D eigenvalue weighted by molar-refractivity contribution is 1.14. The molecule has 0 N–H and O–H groups in total. The van der Waals surface area contributed by atoms with Gasteiger partial charge in [-0.1, -0.05) is 54.6 Å². The molecule has 0 fully saturated rings. The topological polar surface area (TPSA) is 34.0 Å². The molecule has 4 aromatic carbocycles. The first kappa shape index (κ1) is 19.4.